The van der Waals surface area contributed by atoms with Gasteiger partial charge in [0.1, 0.15) is 6.26 Å². The highest BCUT2D eigenvalue weighted by Gasteiger charge is 2.07. The minimum absolute atomic E-state index is 0.288. The molecule has 0 fully saturated rings. The summed E-state index contributed by atoms with van der Waals surface area (Å²) in [5.41, 5.74) is 0.839. The van der Waals surface area contributed by atoms with Gasteiger partial charge in [-0.15, -0.1) is 0 Å². The Morgan fingerprint density at radius 3 is 2.55 bits per heavy atom. The highest BCUT2D eigenvalue weighted by molar-refractivity contribution is 5.93. The minimum Gasteiger partial charge on any atom is -0.493 e. The van der Waals surface area contributed by atoms with Crippen molar-refractivity contribution in [2.24, 2.45) is 0 Å². The summed E-state index contributed by atoms with van der Waals surface area (Å²) in [6, 6.07) is 8.24. The number of carbonyl (C=O) groups excluding carboxylic acids is 1. The number of rotatable bonds is 6. The van der Waals surface area contributed by atoms with Crippen LogP contribution in [0.4, 0.5) is 0 Å². The summed E-state index contributed by atoms with van der Waals surface area (Å²) in [5, 5.41) is 2.76. The molecule has 0 spiro atoms. The zero-order chi connectivity index (χ0) is 15.9. The van der Waals surface area contributed by atoms with E-state index in [1.807, 2.05) is 18.2 Å². The first-order valence-electron chi connectivity index (χ1n) is 6.72. The van der Waals surface area contributed by atoms with Crippen molar-refractivity contribution in [1.82, 2.24) is 5.32 Å². The predicted octanol–water partition coefficient (Wildman–Crippen LogP) is 1.63. The molecule has 22 heavy (non-hydrogen) atoms. The Morgan fingerprint density at radius 2 is 1.91 bits per heavy atom. The predicted molar refractivity (Wildman–Crippen MR) is 80.6 cm³/mol. The van der Waals surface area contributed by atoms with E-state index in [0.717, 1.165) is 11.8 Å². The first kappa shape index (κ1) is 15.6. The Morgan fingerprint density at radius 1 is 1.14 bits per heavy atom. The molecule has 0 aliphatic carbocycles. The summed E-state index contributed by atoms with van der Waals surface area (Å²) >= 11 is 0. The van der Waals surface area contributed by atoms with E-state index in [1.165, 1.54) is 12.1 Å². The van der Waals surface area contributed by atoms with E-state index in [9.17, 15) is 9.59 Å². The quantitative estimate of drug-likeness (QED) is 0.877. The van der Waals surface area contributed by atoms with Crippen LogP contribution in [-0.4, -0.2) is 26.7 Å². The molecule has 1 aromatic heterocycles. The number of carbonyl (C=O) groups is 1. The molecule has 1 heterocycles. The third kappa shape index (κ3) is 3.88. The number of ether oxygens (including phenoxy) is 2. The lowest BCUT2D eigenvalue weighted by molar-refractivity contribution is 0.0951. The van der Waals surface area contributed by atoms with Crippen molar-refractivity contribution in [2.75, 3.05) is 20.8 Å². The van der Waals surface area contributed by atoms with E-state index in [4.69, 9.17) is 9.47 Å². The fourth-order valence-electron chi connectivity index (χ4n) is 1.95. The van der Waals surface area contributed by atoms with Crippen molar-refractivity contribution in [3.05, 3.63) is 58.1 Å². The van der Waals surface area contributed by atoms with Gasteiger partial charge in [-0.3, -0.25) is 4.79 Å². The second-order valence-corrected chi connectivity index (χ2v) is 4.54. The standard InChI is InChI=1S/C16H17NO5/c1-20-13-5-3-11(9-14(13)21-2)7-8-17-16(19)12-4-6-15(18)22-10-12/h3-6,9-10H,7-8H2,1-2H3,(H,17,19). The highest BCUT2D eigenvalue weighted by Crippen LogP contribution is 2.27. The van der Waals surface area contributed by atoms with Crippen LogP contribution in [0, 0.1) is 0 Å². The Balaban J connectivity index is 1.92. The van der Waals surface area contributed by atoms with E-state index in [0.29, 0.717) is 30.0 Å². The number of nitrogens with one attached hydrogen (secondary N) is 1. The molecule has 0 aliphatic rings. The van der Waals surface area contributed by atoms with Gasteiger partial charge in [0.25, 0.3) is 5.91 Å². The van der Waals surface area contributed by atoms with Crippen LogP contribution >= 0.6 is 0 Å². The third-order valence-electron chi connectivity index (χ3n) is 3.11. The van der Waals surface area contributed by atoms with Crippen molar-refractivity contribution < 1.29 is 18.7 Å². The average Bonchev–Trinajstić information content (AvgIpc) is 2.55. The van der Waals surface area contributed by atoms with Gasteiger partial charge >= 0.3 is 5.63 Å². The lowest BCUT2D eigenvalue weighted by Gasteiger charge is -2.10. The van der Waals surface area contributed by atoms with E-state index in [1.54, 1.807) is 14.2 Å². The topological polar surface area (TPSA) is 77.8 Å². The van der Waals surface area contributed by atoms with Crippen LogP contribution in [-0.2, 0) is 6.42 Å². The molecule has 1 aromatic carbocycles. The smallest absolute Gasteiger partial charge is 0.335 e. The average molecular weight is 303 g/mol. The molecule has 0 saturated heterocycles. The molecule has 0 radical (unpaired) electrons. The van der Waals surface area contributed by atoms with E-state index in [-0.39, 0.29) is 5.91 Å². The van der Waals surface area contributed by atoms with Crippen molar-refractivity contribution in [1.29, 1.82) is 0 Å². The molecule has 6 heteroatoms. The van der Waals surface area contributed by atoms with Crippen LogP contribution in [0.15, 0.2) is 45.8 Å². The van der Waals surface area contributed by atoms with Gasteiger partial charge in [-0.2, -0.15) is 0 Å². The molecular weight excluding hydrogens is 286 g/mol. The minimum atomic E-state index is -0.484. The van der Waals surface area contributed by atoms with E-state index < -0.39 is 5.63 Å². The van der Waals surface area contributed by atoms with Gasteiger partial charge < -0.3 is 19.2 Å². The fraction of sp³-hybridized carbons (Fsp3) is 0.250. The zero-order valence-electron chi connectivity index (χ0n) is 12.4. The molecule has 2 rings (SSSR count). The number of hydrogen-bond acceptors (Lipinski definition) is 5. The molecule has 116 valence electrons. The van der Waals surface area contributed by atoms with Gasteiger partial charge in [-0.25, -0.2) is 4.79 Å². The van der Waals surface area contributed by atoms with Crippen molar-refractivity contribution in [2.45, 2.75) is 6.42 Å². The summed E-state index contributed by atoms with van der Waals surface area (Å²) in [4.78, 5) is 22.7. The van der Waals surface area contributed by atoms with Gasteiger partial charge in [-0.05, 0) is 30.2 Å². The molecule has 2 aromatic rings. The first-order valence-corrected chi connectivity index (χ1v) is 6.72. The summed E-state index contributed by atoms with van der Waals surface area (Å²) < 4.78 is 15.1. The van der Waals surface area contributed by atoms with E-state index >= 15 is 0 Å². The Bertz CT molecular complexity index is 687. The molecule has 6 nitrogen and oxygen atoms in total. The molecule has 0 unspecified atom stereocenters. The van der Waals surface area contributed by atoms with Crippen LogP contribution < -0.4 is 20.4 Å². The van der Waals surface area contributed by atoms with Crippen molar-refractivity contribution in [3.8, 4) is 11.5 Å². The summed E-state index contributed by atoms with van der Waals surface area (Å²) in [6.45, 7) is 0.452. The molecule has 0 aliphatic heterocycles. The lowest BCUT2D eigenvalue weighted by atomic mass is 10.1. The third-order valence-corrected chi connectivity index (χ3v) is 3.11. The molecule has 0 atom stereocenters. The Kier molecular flexibility index (Phi) is 5.19. The van der Waals surface area contributed by atoms with Gasteiger partial charge in [0.2, 0.25) is 0 Å². The van der Waals surface area contributed by atoms with Gasteiger partial charge in [-0.1, -0.05) is 6.07 Å². The molecule has 1 amide bonds. The molecular formula is C16H17NO5. The van der Waals surface area contributed by atoms with Crippen LogP contribution in [0.1, 0.15) is 15.9 Å². The van der Waals surface area contributed by atoms with E-state index in [2.05, 4.69) is 9.73 Å². The fourth-order valence-corrected chi connectivity index (χ4v) is 1.95. The SMILES string of the molecule is COc1ccc(CCNC(=O)c2ccc(=O)oc2)cc1OC. The molecule has 1 N–H and O–H groups in total. The Hall–Kier alpha value is -2.76. The maximum absolute atomic E-state index is 11.9. The zero-order valence-corrected chi connectivity index (χ0v) is 12.4. The number of benzene rings is 1. The summed E-state index contributed by atoms with van der Waals surface area (Å²) in [5.74, 6) is 1.02. The largest absolute Gasteiger partial charge is 0.493 e. The maximum Gasteiger partial charge on any atom is 0.335 e. The van der Waals surface area contributed by atoms with Crippen LogP contribution in [0.25, 0.3) is 0 Å². The number of methoxy groups -OCH3 is 2. The molecule has 0 saturated carbocycles. The van der Waals surface area contributed by atoms with Gasteiger partial charge in [0.15, 0.2) is 11.5 Å². The summed E-state index contributed by atoms with van der Waals surface area (Å²) in [7, 11) is 3.16. The molecule has 0 bridgehead atoms. The van der Waals surface area contributed by atoms with Crippen LogP contribution in [0.5, 0.6) is 11.5 Å². The first-order chi connectivity index (χ1) is 10.6. The number of amides is 1. The second kappa shape index (κ2) is 7.31. The number of hydrogen-bond donors (Lipinski definition) is 1. The van der Waals surface area contributed by atoms with Crippen LogP contribution in [0.2, 0.25) is 0 Å². The van der Waals surface area contributed by atoms with Gasteiger partial charge in [0, 0.05) is 12.6 Å². The Labute approximate surface area is 127 Å². The normalized spacial score (nSPS) is 10.1. The second-order valence-electron chi connectivity index (χ2n) is 4.54. The van der Waals surface area contributed by atoms with Crippen molar-refractivity contribution >= 4 is 5.91 Å². The monoisotopic (exact) mass is 303 g/mol. The van der Waals surface area contributed by atoms with Crippen molar-refractivity contribution in [3.63, 3.8) is 0 Å². The highest BCUT2D eigenvalue weighted by atomic mass is 16.5. The maximum atomic E-state index is 11.9. The van der Waals surface area contributed by atoms with Crippen LogP contribution in [0.3, 0.4) is 0 Å². The lowest BCUT2D eigenvalue weighted by Crippen LogP contribution is -2.25. The van der Waals surface area contributed by atoms with Gasteiger partial charge in [0.05, 0.1) is 19.8 Å². The summed E-state index contributed by atoms with van der Waals surface area (Å²) in [6.07, 6.45) is 1.79.